The molecule has 3 radical (unpaired) electrons. The fraction of sp³-hybridized carbons (Fsp3) is 1.00. The minimum absolute atomic E-state index is 0.480. The van der Waals surface area contributed by atoms with Crippen molar-refractivity contribution in [1.29, 1.82) is 0 Å². The Labute approximate surface area is 87.8 Å². The molecule has 0 aliphatic carbocycles. The predicted octanol–water partition coefficient (Wildman–Crippen LogP) is 0.918. The third kappa shape index (κ3) is 5.35. The predicted molar refractivity (Wildman–Crippen MR) is 48.2 cm³/mol. The molecule has 3 nitrogen and oxygen atoms in total. The summed E-state index contributed by atoms with van der Waals surface area (Å²) in [4.78, 5) is 0. The van der Waals surface area contributed by atoms with Gasteiger partial charge in [0.2, 0.25) is 0 Å². The quantitative estimate of drug-likeness (QED) is 0.512. The van der Waals surface area contributed by atoms with E-state index in [4.69, 9.17) is 14.2 Å². The van der Waals surface area contributed by atoms with E-state index in [1.54, 1.807) is 0 Å². The van der Waals surface area contributed by atoms with Crippen LogP contribution >= 0.6 is 0 Å². The number of rotatable bonds is 7. The summed E-state index contributed by atoms with van der Waals surface area (Å²) >= 11 is 1.21. The summed E-state index contributed by atoms with van der Waals surface area (Å²) in [5.41, 5.74) is 0. The average molecular weight is 280 g/mol. The van der Waals surface area contributed by atoms with Gasteiger partial charge < -0.3 is 0 Å². The Morgan fingerprint density at radius 3 is 1.83 bits per heavy atom. The maximum absolute atomic E-state index is 5.46. The first-order valence-corrected chi connectivity index (χ1v) is 5.71. The van der Waals surface area contributed by atoms with Crippen LogP contribution in [0.5, 0.6) is 0 Å². The van der Waals surface area contributed by atoms with Crippen LogP contribution in [0, 0.1) is 0 Å². The number of ether oxygens (including phenoxy) is 3. The molecule has 0 bridgehead atoms. The fourth-order valence-electron chi connectivity index (χ4n) is 0.828. The van der Waals surface area contributed by atoms with Gasteiger partial charge in [-0.05, 0) is 0 Å². The second-order valence-corrected chi connectivity index (χ2v) is 4.43. The maximum atomic E-state index is 5.46. The molecule has 0 rings (SSSR count). The van der Waals surface area contributed by atoms with Crippen LogP contribution in [0.3, 0.4) is 0 Å². The van der Waals surface area contributed by atoms with E-state index in [9.17, 15) is 0 Å². The first-order chi connectivity index (χ1) is 5.68. The van der Waals surface area contributed by atoms with Gasteiger partial charge >= 0.3 is 87.7 Å². The standard InChI is InChI=1S/C8H17O3.Sn/c1-4-9-7-8(10-5-2)11-6-3;/h4-7H2,1-3H3;. The van der Waals surface area contributed by atoms with Crippen molar-refractivity contribution in [2.24, 2.45) is 0 Å². The molecule has 0 unspecified atom stereocenters. The van der Waals surface area contributed by atoms with E-state index in [0.717, 1.165) is 0 Å². The van der Waals surface area contributed by atoms with Crippen LogP contribution in [-0.4, -0.2) is 52.8 Å². The van der Waals surface area contributed by atoms with Gasteiger partial charge in [-0.1, -0.05) is 0 Å². The molecule has 12 heavy (non-hydrogen) atoms. The van der Waals surface area contributed by atoms with Crippen molar-refractivity contribution in [3.05, 3.63) is 0 Å². The van der Waals surface area contributed by atoms with E-state index in [1.165, 1.54) is 22.5 Å². The van der Waals surface area contributed by atoms with Gasteiger partial charge in [-0.25, -0.2) is 0 Å². The Morgan fingerprint density at radius 2 is 1.50 bits per heavy atom. The average Bonchev–Trinajstić information content (AvgIpc) is 2.02. The molecule has 0 amide bonds. The van der Waals surface area contributed by atoms with E-state index in [2.05, 4.69) is 0 Å². The van der Waals surface area contributed by atoms with Crippen molar-refractivity contribution < 1.29 is 14.2 Å². The minimum atomic E-state index is -0.480. The van der Waals surface area contributed by atoms with Crippen molar-refractivity contribution >= 4 is 22.5 Å². The van der Waals surface area contributed by atoms with Gasteiger partial charge in [0, 0.05) is 0 Å². The van der Waals surface area contributed by atoms with Crippen LogP contribution in [0.25, 0.3) is 0 Å². The normalized spacial score (nSPS) is 12.0. The topological polar surface area (TPSA) is 27.7 Å². The van der Waals surface area contributed by atoms with E-state index < -0.39 is 3.80 Å². The summed E-state index contributed by atoms with van der Waals surface area (Å²) in [6.07, 6.45) is 0. The van der Waals surface area contributed by atoms with Gasteiger partial charge in [0.25, 0.3) is 0 Å². The first-order valence-electron chi connectivity index (χ1n) is 4.29. The van der Waals surface area contributed by atoms with Gasteiger partial charge in [-0.15, -0.1) is 0 Å². The number of hydrogen-bond donors (Lipinski definition) is 0. The number of hydrogen-bond acceptors (Lipinski definition) is 3. The Kier molecular flexibility index (Phi) is 7.52. The molecular weight excluding hydrogens is 263 g/mol. The van der Waals surface area contributed by atoms with Gasteiger partial charge in [-0.3, -0.25) is 0 Å². The molecule has 0 saturated heterocycles. The van der Waals surface area contributed by atoms with Crippen LogP contribution < -0.4 is 0 Å². The van der Waals surface area contributed by atoms with Gasteiger partial charge in [-0.2, -0.15) is 0 Å². The molecule has 0 N–H and O–H groups in total. The molecule has 0 saturated carbocycles. The van der Waals surface area contributed by atoms with E-state index in [0.29, 0.717) is 26.4 Å². The van der Waals surface area contributed by atoms with Gasteiger partial charge in [0.15, 0.2) is 0 Å². The molecule has 0 aromatic rings. The van der Waals surface area contributed by atoms with E-state index >= 15 is 0 Å². The van der Waals surface area contributed by atoms with Crippen molar-refractivity contribution in [2.45, 2.75) is 24.6 Å². The molecule has 0 atom stereocenters. The summed E-state index contributed by atoms with van der Waals surface area (Å²) in [6.45, 7) is 8.46. The van der Waals surface area contributed by atoms with Crippen molar-refractivity contribution in [3.8, 4) is 0 Å². The second-order valence-electron chi connectivity index (χ2n) is 2.26. The van der Waals surface area contributed by atoms with Crippen molar-refractivity contribution in [2.75, 3.05) is 26.4 Å². The van der Waals surface area contributed by atoms with E-state index in [1.807, 2.05) is 20.8 Å². The molecule has 0 aromatic carbocycles. The molecule has 71 valence electrons. The second kappa shape index (κ2) is 7.12. The molecule has 0 fully saturated rings. The Hall–Kier alpha value is 0.679. The monoisotopic (exact) mass is 281 g/mol. The third-order valence-corrected chi connectivity index (χ3v) is 2.49. The molecular formula is C8H17O3Sn. The summed E-state index contributed by atoms with van der Waals surface area (Å²) in [5, 5.41) is 0. The van der Waals surface area contributed by atoms with Crippen LogP contribution in [0.4, 0.5) is 0 Å². The third-order valence-electron chi connectivity index (χ3n) is 1.25. The zero-order valence-corrected chi connectivity index (χ0v) is 10.9. The molecule has 0 spiro atoms. The summed E-state index contributed by atoms with van der Waals surface area (Å²) in [6, 6.07) is 0. The van der Waals surface area contributed by atoms with Crippen LogP contribution in [0.2, 0.25) is 0 Å². The summed E-state index contributed by atoms with van der Waals surface area (Å²) in [7, 11) is 0. The molecule has 0 aromatic heterocycles. The Balaban J connectivity index is 3.80. The van der Waals surface area contributed by atoms with Gasteiger partial charge in [0.1, 0.15) is 0 Å². The SMILES string of the molecule is CCOC[C]([Sn])(OCC)OCC. The zero-order valence-electron chi connectivity index (χ0n) is 8.05. The molecule has 4 heteroatoms. The summed E-state index contributed by atoms with van der Waals surface area (Å²) < 4.78 is 15.7. The molecule has 0 aliphatic rings. The zero-order chi connectivity index (χ0) is 9.45. The molecule has 0 aliphatic heterocycles. The van der Waals surface area contributed by atoms with Crippen LogP contribution in [0.15, 0.2) is 0 Å². The Morgan fingerprint density at radius 1 is 1.00 bits per heavy atom. The van der Waals surface area contributed by atoms with Crippen molar-refractivity contribution in [3.63, 3.8) is 0 Å². The molecule has 0 heterocycles. The fourth-order valence-corrected chi connectivity index (χ4v) is 1.94. The van der Waals surface area contributed by atoms with Crippen LogP contribution in [-0.2, 0) is 14.2 Å². The van der Waals surface area contributed by atoms with Crippen LogP contribution in [0.1, 0.15) is 20.8 Å². The van der Waals surface area contributed by atoms with Crippen molar-refractivity contribution in [1.82, 2.24) is 0 Å². The van der Waals surface area contributed by atoms with Gasteiger partial charge in [0.05, 0.1) is 0 Å². The Bertz CT molecular complexity index is 102. The first kappa shape index (κ1) is 12.7. The summed E-state index contributed by atoms with van der Waals surface area (Å²) in [5.74, 6) is 0. The van der Waals surface area contributed by atoms with E-state index in [-0.39, 0.29) is 0 Å².